The van der Waals surface area contributed by atoms with E-state index in [-0.39, 0.29) is 0 Å². The molecule has 2 aliphatic rings. The fraction of sp³-hybridized carbons (Fsp3) is 0.647. The van der Waals surface area contributed by atoms with E-state index in [0.717, 1.165) is 36.6 Å². The van der Waals surface area contributed by atoms with Crippen LogP contribution in [0.1, 0.15) is 31.1 Å². The molecule has 1 N–H and O–H groups in total. The van der Waals surface area contributed by atoms with Crippen molar-refractivity contribution >= 4 is 11.2 Å². The van der Waals surface area contributed by atoms with Crippen molar-refractivity contribution in [1.29, 1.82) is 0 Å². The van der Waals surface area contributed by atoms with Gasteiger partial charge in [0.25, 0.3) is 0 Å². The number of nitrogens with one attached hydrogen (secondary N) is 1. The number of piperidine rings is 1. The molecule has 2 saturated heterocycles. The Morgan fingerprint density at radius 1 is 1.27 bits per heavy atom. The van der Waals surface area contributed by atoms with E-state index in [1.807, 2.05) is 12.3 Å². The van der Waals surface area contributed by atoms with E-state index in [0.29, 0.717) is 6.04 Å². The van der Waals surface area contributed by atoms with Crippen molar-refractivity contribution < 1.29 is 0 Å². The molecule has 0 radical (unpaired) electrons. The highest BCUT2D eigenvalue weighted by molar-refractivity contribution is 5.71. The maximum atomic E-state index is 4.93. The third-order valence-electron chi connectivity index (χ3n) is 5.21. The van der Waals surface area contributed by atoms with Crippen molar-refractivity contribution in [1.82, 2.24) is 24.8 Å². The van der Waals surface area contributed by atoms with Gasteiger partial charge in [0.2, 0.25) is 0 Å². The first-order valence-corrected chi connectivity index (χ1v) is 8.52. The molecule has 0 bridgehead atoms. The first-order valence-electron chi connectivity index (χ1n) is 8.52. The predicted molar refractivity (Wildman–Crippen MR) is 88.0 cm³/mol. The van der Waals surface area contributed by atoms with Gasteiger partial charge < -0.3 is 14.8 Å². The summed E-state index contributed by atoms with van der Waals surface area (Å²) >= 11 is 0. The lowest BCUT2D eigenvalue weighted by Gasteiger charge is -2.31. The number of hydrogen-bond acceptors (Lipinski definition) is 4. The van der Waals surface area contributed by atoms with E-state index in [1.165, 1.54) is 38.2 Å². The summed E-state index contributed by atoms with van der Waals surface area (Å²) < 4.78 is 2.46. The van der Waals surface area contributed by atoms with E-state index in [4.69, 9.17) is 4.98 Å². The van der Waals surface area contributed by atoms with Crippen LogP contribution in [0.2, 0.25) is 0 Å². The van der Waals surface area contributed by atoms with Gasteiger partial charge in [0, 0.05) is 18.7 Å². The maximum absolute atomic E-state index is 4.93. The molecule has 2 aliphatic heterocycles. The summed E-state index contributed by atoms with van der Waals surface area (Å²) in [6.45, 7) is 4.62. The van der Waals surface area contributed by atoms with Gasteiger partial charge in [-0.2, -0.15) is 0 Å². The van der Waals surface area contributed by atoms with Crippen LogP contribution in [-0.4, -0.2) is 52.7 Å². The van der Waals surface area contributed by atoms with Crippen molar-refractivity contribution in [2.24, 2.45) is 5.92 Å². The van der Waals surface area contributed by atoms with Crippen molar-refractivity contribution in [2.75, 3.05) is 33.2 Å². The number of aromatic nitrogens is 3. The first-order chi connectivity index (χ1) is 10.8. The molecule has 4 heterocycles. The number of imidazole rings is 1. The number of likely N-dealkylation sites (tertiary alicyclic amines) is 1. The van der Waals surface area contributed by atoms with E-state index < -0.39 is 0 Å². The smallest absolute Gasteiger partial charge is 0.160 e. The summed E-state index contributed by atoms with van der Waals surface area (Å²) in [4.78, 5) is 12.0. The van der Waals surface area contributed by atoms with Gasteiger partial charge >= 0.3 is 0 Å². The predicted octanol–water partition coefficient (Wildman–Crippen LogP) is 1.85. The summed E-state index contributed by atoms with van der Waals surface area (Å²) in [5.41, 5.74) is 2.14. The molecule has 4 rings (SSSR count). The van der Waals surface area contributed by atoms with Crippen molar-refractivity contribution in [3.05, 3.63) is 24.2 Å². The molecule has 0 amide bonds. The monoisotopic (exact) mass is 299 g/mol. The van der Waals surface area contributed by atoms with Gasteiger partial charge in [0.15, 0.2) is 5.65 Å². The summed E-state index contributed by atoms with van der Waals surface area (Å²) in [5.74, 6) is 1.97. The topological polar surface area (TPSA) is 46.0 Å². The van der Waals surface area contributed by atoms with Gasteiger partial charge in [-0.05, 0) is 70.5 Å². The Balaban J connectivity index is 1.69. The molecule has 2 aromatic heterocycles. The van der Waals surface area contributed by atoms with E-state index in [9.17, 15) is 0 Å². The molecular formula is C17H25N5. The standard InChI is InChI=1S/C17H25N5/c1-21-9-5-14(6-10-21)22-16(11-13-4-8-18-12-13)20-15-3-2-7-19-17(15)22/h2-3,7,13-14,18H,4-6,8-12H2,1H3. The van der Waals surface area contributed by atoms with E-state index >= 15 is 0 Å². The highest BCUT2D eigenvalue weighted by Gasteiger charge is 2.25. The van der Waals surface area contributed by atoms with Crippen molar-refractivity contribution in [2.45, 2.75) is 31.7 Å². The Kier molecular flexibility index (Phi) is 3.84. The molecule has 0 aliphatic carbocycles. The molecule has 118 valence electrons. The highest BCUT2D eigenvalue weighted by Crippen LogP contribution is 2.29. The lowest BCUT2D eigenvalue weighted by atomic mass is 10.0. The van der Waals surface area contributed by atoms with Gasteiger partial charge in [0.1, 0.15) is 11.3 Å². The second-order valence-corrected chi connectivity index (χ2v) is 6.84. The minimum Gasteiger partial charge on any atom is -0.316 e. The molecule has 2 fully saturated rings. The van der Waals surface area contributed by atoms with Gasteiger partial charge in [-0.1, -0.05) is 0 Å². The summed E-state index contributed by atoms with van der Waals surface area (Å²) in [7, 11) is 2.21. The normalized spacial score (nSPS) is 24.3. The number of hydrogen-bond donors (Lipinski definition) is 1. The van der Waals surface area contributed by atoms with Gasteiger partial charge in [0.05, 0.1) is 0 Å². The van der Waals surface area contributed by atoms with E-state index in [2.05, 4.69) is 32.9 Å². The average molecular weight is 299 g/mol. The largest absolute Gasteiger partial charge is 0.316 e. The molecule has 0 aromatic carbocycles. The molecular weight excluding hydrogens is 274 g/mol. The molecule has 1 unspecified atom stereocenters. The van der Waals surface area contributed by atoms with Gasteiger partial charge in [-0.25, -0.2) is 9.97 Å². The second kappa shape index (κ2) is 5.97. The SMILES string of the molecule is CN1CCC(n2c(CC3CCNC3)nc3cccnc32)CC1. The zero-order chi connectivity index (χ0) is 14.9. The van der Waals surface area contributed by atoms with Gasteiger partial charge in [-0.15, -0.1) is 0 Å². The Morgan fingerprint density at radius 2 is 2.14 bits per heavy atom. The number of fused-ring (bicyclic) bond motifs is 1. The second-order valence-electron chi connectivity index (χ2n) is 6.84. The molecule has 5 heteroatoms. The van der Waals surface area contributed by atoms with Crippen LogP contribution in [-0.2, 0) is 6.42 Å². The Labute approximate surface area is 131 Å². The highest BCUT2D eigenvalue weighted by atomic mass is 15.2. The Morgan fingerprint density at radius 3 is 2.91 bits per heavy atom. The Bertz CT molecular complexity index is 636. The minimum atomic E-state index is 0.556. The zero-order valence-electron chi connectivity index (χ0n) is 13.3. The summed E-state index contributed by atoms with van der Waals surface area (Å²) in [5, 5.41) is 3.47. The number of nitrogens with zero attached hydrogens (tertiary/aromatic N) is 4. The quantitative estimate of drug-likeness (QED) is 0.939. The fourth-order valence-electron chi connectivity index (χ4n) is 3.90. The minimum absolute atomic E-state index is 0.556. The van der Waals surface area contributed by atoms with Crippen LogP contribution in [0.25, 0.3) is 11.2 Å². The van der Waals surface area contributed by atoms with Crippen LogP contribution < -0.4 is 5.32 Å². The molecule has 0 spiro atoms. The summed E-state index contributed by atoms with van der Waals surface area (Å²) in [6, 6.07) is 4.65. The van der Waals surface area contributed by atoms with Crippen LogP contribution in [0, 0.1) is 5.92 Å². The van der Waals surface area contributed by atoms with Crippen LogP contribution in [0.5, 0.6) is 0 Å². The number of rotatable bonds is 3. The van der Waals surface area contributed by atoms with E-state index in [1.54, 1.807) is 0 Å². The van der Waals surface area contributed by atoms with Crippen LogP contribution in [0.3, 0.4) is 0 Å². The zero-order valence-corrected chi connectivity index (χ0v) is 13.3. The number of pyridine rings is 1. The molecule has 1 atom stereocenters. The third kappa shape index (κ3) is 2.63. The molecule has 2 aromatic rings. The van der Waals surface area contributed by atoms with Gasteiger partial charge in [-0.3, -0.25) is 0 Å². The third-order valence-corrected chi connectivity index (χ3v) is 5.21. The summed E-state index contributed by atoms with van der Waals surface area (Å²) in [6.07, 6.45) is 6.65. The molecule has 0 saturated carbocycles. The fourth-order valence-corrected chi connectivity index (χ4v) is 3.90. The lowest BCUT2D eigenvalue weighted by molar-refractivity contribution is 0.220. The van der Waals surface area contributed by atoms with Crippen molar-refractivity contribution in [3.8, 4) is 0 Å². The van der Waals surface area contributed by atoms with Crippen molar-refractivity contribution in [3.63, 3.8) is 0 Å². The molecule has 5 nitrogen and oxygen atoms in total. The lowest BCUT2D eigenvalue weighted by Crippen LogP contribution is -2.32. The van der Waals surface area contributed by atoms with Crippen LogP contribution in [0.15, 0.2) is 18.3 Å². The first kappa shape index (κ1) is 14.2. The van der Waals surface area contributed by atoms with Crippen LogP contribution in [0.4, 0.5) is 0 Å². The maximum Gasteiger partial charge on any atom is 0.160 e. The van der Waals surface area contributed by atoms with Crippen LogP contribution >= 0.6 is 0 Å². The average Bonchev–Trinajstić information content (AvgIpc) is 3.16. The molecule has 22 heavy (non-hydrogen) atoms. The Hall–Kier alpha value is -1.46.